The summed E-state index contributed by atoms with van der Waals surface area (Å²) in [4.78, 5) is 12.1. The number of nitrogens with one attached hydrogen (secondary N) is 1. The lowest BCUT2D eigenvalue weighted by molar-refractivity contribution is 0.477. The van der Waals surface area contributed by atoms with Crippen LogP contribution in [-0.2, 0) is 0 Å². The van der Waals surface area contributed by atoms with Crippen molar-refractivity contribution < 1.29 is 5.11 Å². The molecule has 1 aromatic carbocycles. The molecule has 2 rings (SSSR count). The first kappa shape index (κ1) is 11.8. The molecule has 0 atom stereocenters. The van der Waals surface area contributed by atoms with E-state index in [2.05, 4.69) is 26.8 Å². The first-order valence-corrected chi connectivity index (χ1v) is 5.35. The van der Waals surface area contributed by atoms with Gasteiger partial charge in [-0.25, -0.2) is 0 Å². The van der Waals surface area contributed by atoms with Gasteiger partial charge in [-0.2, -0.15) is 15.0 Å². The maximum atomic E-state index is 9.74. The molecule has 6 nitrogen and oxygen atoms in total. The normalized spacial score (nSPS) is 10.0. The Kier molecular flexibility index (Phi) is 3.38. The molecule has 0 aliphatic carbocycles. The van der Waals surface area contributed by atoms with Crippen molar-refractivity contribution in [1.29, 1.82) is 0 Å². The van der Waals surface area contributed by atoms with Crippen LogP contribution in [0.2, 0.25) is 0 Å². The van der Waals surface area contributed by atoms with Crippen LogP contribution in [0.25, 0.3) is 11.4 Å². The molecule has 0 saturated carbocycles. The van der Waals surface area contributed by atoms with E-state index in [4.69, 9.17) is 5.73 Å². The van der Waals surface area contributed by atoms with E-state index in [1.54, 1.807) is 30.3 Å². The Balaban J connectivity index is 2.42. The molecule has 0 amide bonds. The highest BCUT2D eigenvalue weighted by atomic mass is 16.3. The molecule has 18 heavy (non-hydrogen) atoms. The number of nitrogens with two attached hydrogens (primary N) is 1. The van der Waals surface area contributed by atoms with Crippen LogP contribution in [-0.4, -0.2) is 26.6 Å². The van der Waals surface area contributed by atoms with Crippen LogP contribution in [0.5, 0.6) is 5.75 Å². The molecule has 0 bridgehead atoms. The Morgan fingerprint density at radius 2 is 2.06 bits per heavy atom. The number of phenolic OH excluding ortho intramolecular Hbond substituents is 1. The molecule has 0 saturated heterocycles. The maximum absolute atomic E-state index is 9.74. The number of aromatic hydroxyl groups is 1. The minimum atomic E-state index is 0.0924. The average Bonchev–Trinajstić information content (AvgIpc) is 2.36. The molecular weight excluding hydrogens is 230 g/mol. The van der Waals surface area contributed by atoms with E-state index in [0.29, 0.717) is 23.9 Å². The predicted octanol–water partition coefficient (Wildman–Crippen LogP) is 1.42. The summed E-state index contributed by atoms with van der Waals surface area (Å²) in [5.41, 5.74) is 6.12. The Labute approximate surface area is 104 Å². The van der Waals surface area contributed by atoms with Gasteiger partial charge in [0.25, 0.3) is 0 Å². The lowest BCUT2D eigenvalue weighted by atomic mass is 10.2. The zero-order chi connectivity index (χ0) is 13.0. The van der Waals surface area contributed by atoms with E-state index in [0.717, 1.165) is 0 Å². The van der Waals surface area contributed by atoms with Crippen molar-refractivity contribution in [3.63, 3.8) is 0 Å². The summed E-state index contributed by atoms with van der Waals surface area (Å²) in [6.45, 7) is 4.11. The fraction of sp³-hybridized carbons (Fsp3) is 0.0833. The summed E-state index contributed by atoms with van der Waals surface area (Å²) < 4.78 is 0. The largest absolute Gasteiger partial charge is 0.507 e. The molecule has 0 fully saturated rings. The quantitative estimate of drug-likeness (QED) is 0.703. The molecule has 0 aliphatic rings. The summed E-state index contributed by atoms with van der Waals surface area (Å²) in [6.07, 6.45) is 1.68. The van der Waals surface area contributed by atoms with Crippen LogP contribution in [0.3, 0.4) is 0 Å². The third-order valence-electron chi connectivity index (χ3n) is 2.20. The summed E-state index contributed by atoms with van der Waals surface area (Å²) in [6, 6.07) is 6.78. The van der Waals surface area contributed by atoms with Crippen molar-refractivity contribution in [3.8, 4) is 17.1 Å². The van der Waals surface area contributed by atoms with Crippen molar-refractivity contribution in [2.75, 3.05) is 17.6 Å². The van der Waals surface area contributed by atoms with Crippen molar-refractivity contribution in [2.24, 2.45) is 0 Å². The molecule has 0 spiro atoms. The molecular formula is C12H13N5O. The number of hydrogen-bond donors (Lipinski definition) is 3. The van der Waals surface area contributed by atoms with Gasteiger partial charge < -0.3 is 16.2 Å². The summed E-state index contributed by atoms with van der Waals surface area (Å²) in [5, 5.41) is 12.7. The molecule has 0 radical (unpaired) electrons. The number of nitrogens with zero attached hydrogens (tertiary/aromatic N) is 3. The smallest absolute Gasteiger partial charge is 0.228 e. The van der Waals surface area contributed by atoms with Crippen LogP contribution >= 0.6 is 0 Å². The minimum absolute atomic E-state index is 0.0924. The zero-order valence-corrected chi connectivity index (χ0v) is 9.67. The second kappa shape index (κ2) is 5.13. The van der Waals surface area contributed by atoms with Gasteiger partial charge in [-0.05, 0) is 12.1 Å². The van der Waals surface area contributed by atoms with Gasteiger partial charge in [-0.3, -0.25) is 0 Å². The fourth-order valence-corrected chi connectivity index (χ4v) is 1.42. The first-order valence-electron chi connectivity index (χ1n) is 5.35. The van der Waals surface area contributed by atoms with Crippen LogP contribution in [0.15, 0.2) is 36.9 Å². The molecule has 0 unspecified atom stereocenters. The van der Waals surface area contributed by atoms with Gasteiger partial charge in [0.15, 0.2) is 5.82 Å². The van der Waals surface area contributed by atoms with Gasteiger partial charge in [0.2, 0.25) is 11.9 Å². The van der Waals surface area contributed by atoms with E-state index in [1.165, 1.54) is 0 Å². The van der Waals surface area contributed by atoms with Crippen LogP contribution < -0.4 is 11.1 Å². The Bertz CT molecular complexity index is 570. The van der Waals surface area contributed by atoms with Crippen molar-refractivity contribution in [2.45, 2.75) is 0 Å². The van der Waals surface area contributed by atoms with Gasteiger partial charge in [0.1, 0.15) is 5.75 Å². The number of para-hydroxylation sites is 1. The van der Waals surface area contributed by atoms with Gasteiger partial charge >= 0.3 is 0 Å². The number of rotatable bonds is 4. The molecule has 6 heteroatoms. The van der Waals surface area contributed by atoms with E-state index >= 15 is 0 Å². The predicted molar refractivity (Wildman–Crippen MR) is 70.0 cm³/mol. The number of benzene rings is 1. The standard InChI is InChI=1S/C12H13N5O/c1-2-7-14-12-16-10(15-11(13)17-12)8-5-3-4-6-9(8)18/h2-6,18H,1,7H2,(H3,13,14,15,16,17). The van der Waals surface area contributed by atoms with Gasteiger partial charge in [-0.1, -0.05) is 18.2 Å². The second-order valence-electron chi connectivity index (χ2n) is 3.53. The molecule has 2 aromatic rings. The number of nitrogen functional groups attached to an aromatic ring is 1. The van der Waals surface area contributed by atoms with Crippen molar-refractivity contribution >= 4 is 11.9 Å². The first-order chi connectivity index (χ1) is 8.70. The van der Waals surface area contributed by atoms with Crippen molar-refractivity contribution in [1.82, 2.24) is 15.0 Å². The monoisotopic (exact) mass is 243 g/mol. The SMILES string of the molecule is C=CCNc1nc(N)nc(-c2ccccc2O)n1. The van der Waals surface area contributed by atoms with E-state index in [1.807, 2.05) is 0 Å². The Hall–Kier alpha value is -2.63. The average molecular weight is 243 g/mol. The third-order valence-corrected chi connectivity index (χ3v) is 2.20. The lowest BCUT2D eigenvalue weighted by Crippen LogP contribution is -2.07. The van der Waals surface area contributed by atoms with E-state index < -0.39 is 0 Å². The summed E-state index contributed by atoms with van der Waals surface area (Å²) in [7, 11) is 0. The van der Waals surface area contributed by atoms with Gasteiger partial charge in [0, 0.05) is 6.54 Å². The highest BCUT2D eigenvalue weighted by molar-refractivity contribution is 5.64. The molecule has 1 aromatic heterocycles. The molecule has 4 N–H and O–H groups in total. The zero-order valence-electron chi connectivity index (χ0n) is 9.67. The van der Waals surface area contributed by atoms with Crippen LogP contribution in [0, 0.1) is 0 Å². The highest BCUT2D eigenvalue weighted by Crippen LogP contribution is 2.26. The number of aromatic nitrogens is 3. The van der Waals surface area contributed by atoms with E-state index in [9.17, 15) is 5.11 Å². The Morgan fingerprint density at radius 1 is 1.28 bits per heavy atom. The highest BCUT2D eigenvalue weighted by Gasteiger charge is 2.09. The second-order valence-corrected chi connectivity index (χ2v) is 3.53. The topological polar surface area (TPSA) is 97.0 Å². The molecule has 92 valence electrons. The van der Waals surface area contributed by atoms with Crippen LogP contribution in [0.1, 0.15) is 0 Å². The Morgan fingerprint density at radius 3 is 2.78 bits per heavy atom. The van der Waals surface area contributed by atoms with Gasteiger partial charge in [0.05, 0.1) is 5.56 Å². The number of anilines is 2. The fourth-order valence-electron chi connectivity index (χ4n) is 1.42. The minimum Gasteiger partial charge on any atom is -0.507 e. The van der Waals surface area contributed by atoms with Crippen LogP contribution in [0.4, 0.5) is 11.9 Å². The number of phenols is 1. The summed E-state index contributed by atoms with van der Waals surface area (Å²) in [5.74, 6) is 0.861. The van der Waals surface area contributed by atoms with E-state index in [-0.39, 0.29) is 11.7 Å². The van der Waals surface area contributed by atoms with Crippen molar-refractivity contribution in [3.05, 3.63) is 36.9 Å². The lowest BCUT2D eigenvalue weighted by Gasteiger charge is -2.06. The summed E-state index contributed by atoms with van der Waals surface area (Å²) >= 11 is 0. The van der Waals surface area contributed by atoms with Gasteiger partial charge in [-0.15, -0.1) is 6.58 Å². The number of hydrogen-bond acceptors (Lipinski definition) is 6. The molecule has 1 heterocycles. The molecule has 0 aliphatic heterocycles. The maximum Gasteiger partial charge on any atom is 0.228 e. The third kappa shape index (κ3) is 2.54.